The van der Waals surface area contributed by atoms with E-state index in [4.69, 9.17) is 4.74 Å². The smallest absolute Gasteiger partial charge is 0.290 e. The molecule has 0 aliphatic rings. The van der Waals surface area contributed by atoms with E-state index >= 15 is 0 Å². The number of hydrogen-bond acceptors (Lipinski definition) is 6. The molecule has 0 amide bonds. The molecule has 0 bridgehead atoms. The lowest BCUT2D eigenvalue weighted by molar-refractivity contribution is -0.385. The number of anilines is 1. The standard InChI is InChI=1S/C15H15F2N3O4/c1-9-4-15(19-7-14(9)20(22)23)18-6-10(21)8-24-11-2-3-12(16)13(17)5-11/h2-5,7,10,21H,6,8H2,1H3,(H,18,19). The van der Waals surface area contributed by atoms with Gasteiger partial charge in [-0.1, -0.05) is 0 Å². The van der Waals surface area contributed by atoms with Crippen molar-refractivity contribution in [2.24, 2.45) is 0 Å². The average molecular weight is 339 g/mol. The Morgan fingerprint density at radius 2 is 2.12 bits per heavy atom. The summed E-state index contributed by atoms with van der Waals surface area (Å²) in [6.07, 6.45) is 0.178. The average Bonchev–Trinajstić information content (AvgIpc) is 2.53. The fourth-order valence-electron chi connectivity index (χ4n) is 1.88. The van der Waals surface area contributed by atoms with Crippen LogP contribution in [0, 0.1) is 28.7 Å². The molecule has 2 aromatic rings. The molecule has 1 aromatic carbocycles. The number of hydrogen-bond donors (Lipinski definition) is 2. The van der Waals surface area contributed by atoms with Crippen LogP contribution in [0.1, 0.15) is 5.56 Å². The number of pyridine rings is 1. The second-order valence-electron chi connectivity index (χ2n) is 5.03. The van der Waals surface area contributed by atoms with Crippen molar-refractivity contribution in [1.82, 2.24) is 4.98 Å². The summed E-state index contributed by atoms with van der Waals surface area (Å²) in [6, 6.07) is 4.55. The van der Waals surface area contributed by atoms with Crippen LogP contribution in [0.4, 0.5) is 20.3 Å². The molecule has 7 nitrogen and oxygen atoms in total. The fourth-order valence-corrected chi connectivity index (χ4v) is 1.88. The minimum Gasteiger partial charge on any atom is -0.491 e. The number of ether oxygens (including phenoxy) is 1. The van der Waals surface area contributed by atoms with Crippen molar-refractivity contribution in [2.75, 3.05) is 18.5 Å². The molecule has 2 rings (SSSR count). The minimum atomic E-state index is -1.04. The second kappa shape index (κ2) is 7.64. The lowest BCUT2D eigenvalue weighted by Crippen LogP contribution is -2.26. The number of aryl methyl sites for hydroxylation is 1. The first-order valence-corrected chi connectivity index (χ1v) is 6.97. The van der Waals surface area contributed by atoms with Gasteiger partial charge in [0.2, 0.25) is 0 Å². The Labute approximate surface area is 136 Å². The van der Waals surface area contributed by atoms with Crippen molar-refractivity contribution < 1.29 is 23.5 Å². The molecule has 0 saturated carbocycles. The number of aliphatic hydroxyl groups excluding tert-OH is 1. The Bertz CT molecular complexity index is 743. The quantitative estimate of drug-likeness (QED) is 0.594. The van der Waals surface area contributed by atoms with Crippen LogP contribution in [0.25, 0.3) is 0 Å². The van der Waals surface area contributed by atoms with E-state index < -0.39 is 22.7 Å². The second-order valence-corrected chi connectivity index (χ2v) is 5.03. The van der Waals surface area contributed by atoms with Gasteiger partial charge in [0.15, 0.2) is 11.6 Å². The lowest BCUT2D eigenvalue weighted by atomic mass is 10.2. The summed E-state index contributed by atoms with van der Waals surface area (Å²) in [4.78, 5) is 14.0. The molecule has 0 fully saturated rings. The van der Waals surface area contributed by atoms with Gasteiger partial charge < -0.3 is 15.2 Å². The highest BCUT2D eigenvalue weighted by Crippen LogP contribution is 2.19. The highest BCUT2D eigenvalue weighted by atomic mass is 19.2. The number of nitrogens with one attached hydrogen (secondary N) is 1. The molecule has 0 spiro atoms. The Morgan fingerprint density at radius 1 is 1.38 bits per heavy atom. The number of nitro groups is 1. The summed E-state index contributed by atoms with van der Waals surface area (Å²) in [7, 11) is 0. The summed E-state index contributed by atoms with van der Waals surface area (Å²) < 4.78 is 31.0. The van der Waals surface area contributed by atoms with Gasteiger partial charge in [0, 0.05) is 18.2 Å². The molecular weight excluding hydrogens is 324 g/mol. The number of aromatic nitrogens is 1. The third-order valence-electron chi connectivity index (χ3n) is 3.13. The van der Waals surface area contributed by atoms with Crippen molar-refractivity contribution in [3.05, 3.63) is 57.8 Å². The zero-order valence-electron chi connectivity index (χ0n) is 12.7. The summed E-state index contributed by atoms with van der Waals surface area (Å²) in [5.74, 6) is -1.56. The van der Waals surface area contributed by atoms with Gasteiger partial charge in [0.1, 0.15) is 30.5 Å². The Balaban J connectivity index is 1.84. The van der Waals surface area contributed by atoms with E-state index in [2.05, 4.69) is 10.3 Å². The van der Waals surface area contributed by atoms with Gasteiger partial charge in [-0.25, -0.2) is 13.8 Å². The maximum absolute atomic E-state index is 13.0. The molecule has 1 atom stereocenters. The molecule has 0 aliphatic carbocycles. The van der Waals surface area contributed by atoms with Crippen molar-refractivity contribution >= 4 is 11.5 Å². The molecule has 0 saturated heterocycles. The van der Waals surface area contributed by atoms with E-state index in [1.54, 1.807) is 6.92 Å². The maximum Gasteiger partial charge on any atom is 0.290 e. The van der Waals surface area contributed by atoms with E-state index in [1.165, 1.54) is 12.1 Å². The SMILES string of the molecule is Cc1cc(NCC(O)COc2ccc(F)c(F)c2)ncc1[N+](=O)[O-]. The van der Waals surface area contributed by atoms with Crippen molar-refractivity contribution in [2.45, 2.75) is 13.0 Å². The predicted octanol–water partition coefficient (Wildman–Crippen LogP) is 2.43. The highest BCUT2D eigenvalue weighted by Gasteiger charge is 2.12. The van der Waals surface area contributed by atoms with Crippen LogP contribution >= 0.6 is 0 Å². The van der Waals surface area contributed by atoms with E-state index in [1.807, 2.05) is 0 Å². The van der Waals surface area contributed by atoms with E-state index in [0.29, 0.717) is 11.4 Å². The lowest BCUT2D eigenvalue weighted by Gasteiger charge is -2.14. The third kappa shape index (κ3) is 4.59. The number of benzene rings is 1. The topological polar surface area (TPSA) is 97.5 Å². The summed E-state index contributed by atoms with van der Waals surface area (Å²) in [6.45, 7) is 1.49. The molecule has 1 aromatic heterocycles. The molecule has 1 unspecified atom stereocenters. The number of rotatable bonds is 7. The molecule has 0 aliphatic heterocycles. The van der Waals surface area contributed by atoms with Crippen LogP contribution in [-0.2, 0) is 0 Å². The zero-order chi connectivity index (χ0) is 17.7. The molecular formula is C15H15F2N3O4. The monoisotopic (exact) mass is 339 g/mol. The summed E-state index contributed by atoms with van der Waals surface area (Å²) in [5, 5.41) is 23.3. The Hall–Kier alpha value is -2.81. The van der Waals surface area contributed by atoms with Crippen LogP contribution in [0.3, 0.4) is 0 Å². The number of halogens is 2. The molecule has 9 heteroatoms. The molecule has 1 heterocycles. The molecule has 128 valence electrons. The van der Waals surface area contributed by atoms with Gasteiger partial charge >= 0.3 is 0 Å². The van der Waals surface area contributed by atoms with Gasteiger partial charge in [-0.15, -0.1) is 0 Å². The van der Waals surface area contributed by atoms with Crippen LogP contribution in [-0.4, -0.2) is 34.3 Å². The largest absolute Gasteiger partial charge is 0.491 e. The normalized spacial score (nSPS) is 11.8. The molecule has 0 radical (unpaired) electrons. The van der Waals surface area contributed by atoms with Crippen LogP contribution < -0.4 is 10.1 Å². The Morgan fingerprint density at radius 3 is 2.75 bits per heavy atom. The fraction of sp³-hybridized carbons (Fsp3) is 0.267. The zero-order valence-corrected chi connectivity index (χ0v) is 12.7. The first-order valence-electron chi connectivity index (χ1n) is 6.97. The first kappa shape index (κ1) is 17.5. The van der Waals surface area contributed by atoms with Crippen LogP contribution in [0.2, 0.25) is 0 Å². The number of aliphatic hydroxyl groups is 1. The van der Waals surface area contributed by atoms with E-state index in [0.717, 1.165) is 18.3 Å². The maximum atomic E-state index is 13.0. The van der Waals surface area contributed by atoms with Gasteiger partial charge in [-0.05, 0) is 25.1 Å². The third-order valence-corrected chi connectivity index (χ3v) is 3.13. The van der Waals surface area contributed by atoms with Crippen LogP contribution in [0.15, 0.2) is 30.5 Å². The van der Waals surface area contributed by atoms with Gasteiger partial charge in [0.25, 0.3) is 5.69 Å². The summed E-state index contributed by atoms with van der Waals surface area (Å²) >= 11 is 0. The highest BCUT2D eigenvalue weighted by molar-refractivity contribution is 5.46. The van der Waals surface area contributed by atoms with Crippen molar-refractivity contribution in [3.8, 4) is 5.75 Å². The van der Waals surface area contributed by atoms with Gasteiger partial charge in [0.05, 0.1) is 4.92 Å². The number of nitrogens with zero attached hydrogens (tertiary/aromatic N) is 2. The minimum absolute atomic E-state index is 0.0634. The summed E-state index contributed by atoms with van der Waals surface area (Å²) in [5.41, 5.74) is 0.341. The van der Waals surface area contributed by atoms with Crippen LogP contribution in [0.5, 0.6) is 5.75 Å². The van der Waals surface area contributed by atoms with Gasteiger partial charge in [-0.2, -0.15) is 0 Å². The Kier molecular flexibility index (Phi) is 5.59. The van der Waals surface area contributed by atoms with Crippen molar-refractivity contribution in [1.29, 1.82) is 0 Å². The first-order chi connectivity index (χ1) is 11.4. The molecule has 24 heavy (non-hydrogen) atoms. The van der Waals surface area contributed by atoms with Gasteiger partial charge in [-0.3, -0.25) is 10.1 Å². The van der Waals surface area contributed by atoms with E-state index in [9.17, 15) is 24.0 Å². The molecule has 2 N–H and O–H groups in total. The van der Waals surface area contributed by atoms with E-state index in [-0.39, 0.29) is 24.6 Å². The predicted molar refractivity (Wildman–Crippen MR) is 82.0 cm³/mol. The van der Waals surface area contributed by atoms with Crippen molar-refractivity contribution in [3.63, 3.8) is 0 Å².